The lowest BCUT2D eigenvalue weighted by Gasteiger charge is -2.11. The first kappa shape index (κ1) is 17.5. The molecule has 2 nitrogen and oxygen atoms in total. The molecule has 0 aliphatic heterocycles. The maximum atomic E-state index is 13.4. The molecule has 0 spiro atoms. The minimum Gasteiger partial charge on any atom is -0.275 e. The summed E-state index contributed by atoms with van der Waals surface area (Å²) in [7, 11) is 0. The minimum absolute atomic E-state index is 0.0885. The molecule has 0 atom stereocenters. The fourth-order valence-corrected chi connectivity index (χ4v) is 2.20. The monoisotopic (exact) mass is 368 g/mol. The second-order valence-corrected chi connectivity index (χ2v) is 5.16. The fraction of sp³-hybridized carbons (Fsp3) is 0.0714. The van der Waals surface area contributed by atoms with E-state index in [9.17, 15) is 22.0 Å². The van der Waals surface area contributed by atoms with E-state index in [0.29, 0.717) is 12.1 Å². The van der Waals surface area contributed by atoms with Gasteiger partial charge in [-0.05, 0) is 30.3 Å². The Morgan fingerprint density at radius 1 is 1.00 bits per heavy atom. The number of hydrogen-bond acceptors (Lipinski definition) is 2. The van der Waals surface area contributed by atoms with Crippen LogP contribution in [0.3, 0.4) is 0 Å². The highest BCUT2D eigenvalue weighted by Gasteiger charge is 2.32. The van der Waals surface area contributed by atoms with Crippen LogP contribution in [-0.2, 0) is 6.18 Å². The third-order valence-corrected chi connectivity index (χ3v) is 3.30. The van der Waals surface area contributed by atoms with Crippen LogP contribution in [0.1, 0.15) is 11.1 Å². The first-order valence-electron chi connectivity index (χ1n) is 5.99. The Balaban J connectivity index is 2.24. The van der Waals surface area contributed by atoms with Crippen molar-refractivity contribution < 1.29 is 22.0 Å². The van der Waals surface area contributed by atoms with Gasteiger partial charge in [0, 0.05) is 5.56 Å². The van der Waals surface area contributed by atoms with Crippen molar-refractivity contribution in [1.29, 1.82) is 0 Å². The van der Waals surface area contributed by atoms with E-state index in [1.165, 1.54) is 0 Å². The molecule has 0 radical (unpaired) electrons. The van der Waals surface area contributed by atoms with Gasteiger partial charge in [-0.2, -0.15) is 18.3 Å². The van der Waals surface area contributed by atoms with Crippen LogP contribution < -0.4 is 5.43 Å². The van der Waals surface area contributed by atoms with Gasteiger partial charge in [0.05, 0.1) is 27.5 Å². The molecule has 0 aromatic heterocycles. The van der Waals surface area contributed by atoms with Crippen LogP contribution in [0.2, 0.25) is 10.0 Å². The summed E-state index contributed by atoms with van der Waals surface area (Å²) in [5.41, 5.74) is 1.04. The summed E-state index contributed by atoms with van der Waals surface area (Å²) in [4.78, 5) is 0. The van der Waals surface area contributed by atoms with Gasteiger partial charge >= 0.3 is 6.18 Å². The highest BCUT2D eigenvalue weighted by Crippen LogP contribution is 2.38. The van der Waals surface area contributed by atoms with E-state index in [1.807, 2.05) is 0 Å². The van der Waals surface area contributed by atoms with Gasteiger partial charge in [0.2, 0.25) is 0 Å². The Labute approximate surface area is 137 Å². The number of hydrogen-bond donors (Lipinski definition) is 1. The Kier molecular flexibility index (Phi) is 5.11. The van der Waals surface area contributed by atoms with Gasteiger partial charge in [-0.3, -0.25) is 5.43 Å². The van der Waals surface area contributed by atoms with E-state index in [0.717, 1.165) is 24.4 Å². The predicted molar refractivity (Wildman–Crippen MR) is 79.0 cm³/mol. The van der Waals surface area contributed by atoms with Crippen molar-refractivity contribution >= 4 is 35.1 Å². The van der Waals surface area contributed by atoms with E-state index in [1.54, 1.807) is 0 Å². The third-order valence-electron chi connectivity index (χ3n) is 2.71. The summed E-state index contributed by atoms with van der Waals surface area (Å²) in [6.07, 6.45) is -3.65. The number of anilines is 1. The van der Waals surface area contributed by atoms with Crippen LogP contribution in [0.5, 0.6) is 0 Å². The highest BCUT2D eigenvalue weighted by molar-refractivity contribution is 6.39. The summed E-state index contributed by atoms with van der Waals surface area (Å²) >= 11 is 11.4. The minimum atomic E-state index is -4.60. The molecular weight excluding hydrogens is 362 g/mol. The molecule has 0 aliphatic rings. The van der Waals surface area contributed by atoms with Crippen LogP contribution in [0.15, 0.2) is 35.4 Å². The fourth-order valence-electron chi connectivity index (χ4n) is 1.62. The maximum absolute atomic E-state index is 13.4. The van der Waals surface area contributed by atoms with E-state index in [-0.39, 0.29) is 21.3 Å². The van der Waals surface area contributed by atoms with Crippen molar-refractivity contribution in [3.8, 4) is 0 Å². The molecule has 9 heteroatoms. The average molecular weight is 369 g/mol. The van der Waals surface area contributed by atoms with Crippen LogP contribution in [0.25, 0.3) is 0 Å². The highest BCUT2D eigenvalue weighted by atomic mass is 35.5. The molecule has 0 saturated heterocycles. The quantitative estimate of drug-likeness (QED) is 0.417. The standard InChI is InChI=1S/C14H7Cl2F5N2/c15-10-4-8(14(19,20)21)5-11(16)13(10)23-22-6-7-3-9(17)1-2-12(7)18/h1-6,23H. The molecule has 0 saturated carbocycles. The number of hydrazone groups is 1. The Hall–Kier alpha value is -1.86. The lowest BCUT2D eigenvalue weighted by molar-refractivity contribution is -0.137. The molecule has 2 aromatic carbocycles. The Morgan fingerprint density at radius 2 is 1.61 bits per heavy atom. The van der Waals surface area contributed by atoms with Crippen LogP contribution in [-0.4, -0.2) is 6.21 Å². The van der Waals surface area contributed by atoms with Gasteiger partial charge in [0.25, 0.3) is 0 Å². The van der Waals surface area contributed by atoms with Crippen molar-refractivity contribution in [3.05, 3.63) is 63.1 Å². The molecule has 2 aromatic rings. The smallest absolute Gasteiger partial charge is 0.275 e. The molecule has 0 bridgehead atoms. The van der Waals surface area contributed by atoms with Crippen LogP contribution in [0.4, 0.5) is 27.6 Å². The summed E-state index contributed by atoms with van der Waals surface area (Å²) in [5, 5.41) is 2.96. The summed E-state index contributed by atoms with van der Waals surface area (Å²) < 4.78 is 64.1. The maximum Gasteiger partial charge on any atom is 0.416 e. The molecule has 122 valence electrons. The van der Waals surface area contributed by atoms with Crippen molar-refractivity contribution in [2.75, 3.05) is 5.43 Å². The van der Waals surface area contributed by atoms with Crippen molar-refractivity contribution in [1.82, 2.24) is 0 Å². The van der Waals surface area contributed by atoms with E-state index >= 15 is 0 Å². The van der Waals surface area contributed by atoms with Gasteiger partial charge in [0.15, 0.2) is 0 Å². The topological polar surface area (TPSA) is 24.4 Å². The van der Waals surface area contributed by atoms with Gasteiger partial charge < -0.3 is 0 Å². The Bertz CT molecular complexity index is 736. The zero-order valence-corrected chi connectivity index (χ0v) is 12.6. The molecule has 23 heavy (non-hydrogen) atoms. The number of rotatable bonds is 3. The molecular formula is C14H7Cl2F5N2. The van der Waals surface area contributed by atoms with Gasteiger partial charge in [-0.1, -0.05) is 23.2 Å². The molecule has 0 aliphatic carbocycles. The number of halogens is 7. The molecule has 0 heterocycles. The molecule has 0 unspecified atom stereocenters. The van der Waals surface area contributed by atoms with E-state index < -0.39 is 23.4 Å². The number of nitrogens with zero attached hydrogens (tertiary/aromatic N) is 1. The Morgan fingerprint density at radius 3 is 2.17 bits per heavy atom. The van der Waals surface area contributed by atoms with E-state index in [4.69, 9.17) is 23.2 Å². The number of benzene rings is 2. The van der Waals surface area contributed by atoms with Gasteiger partial charge in [-0.25, -0.2) is 8.78 Å². The second-order valence-electron chi connectivity index (χ2n) is 4.35. The van der Waals surface area contributed by atoms with Crippen LogP contribution in [0, 0.1) is 11.6 Å². The van der Waals surface area contributed by atoms with Gasteiger partial charge in [-0.15, -0.1) is 0 Å². The summed E-state index contributed by atoms with van der Waals surface area (Å²) in [6.45, 7) is 0. The molecule has 0 amide bonds. The number of nitrogens with one attached hydrogen (secondary N) is 1. The SMILES string of the molecule is Fc1ccc(F)c(C=NNc2c(Cl)cc(C(F)(F)F)cc2Cl)c1. The first-order chi connectivity index (χ1) is 10.7. The average Bonchev–Trinajstić information content (AvgIpc) is 2.44. The zero-order chi connectivity index (χ0) is 17.2. The lowest BCUT2D eigenvalue weighted by atomic mass is 10.2. The van der Waals surface area contributed by atoms with Crippen molar-refractivity contribution in [3.63, 3.8) is 0 Å². The molecule has 2 rings (SSSR count). The van der Waals surface area contributed by atoms with E-state index in [2.05, 4.69) is 10.5 Å². The van der Waals surface area contributed by atoms with Crippen LogP contribution >= 0.6 is 23.2 Å². The van der Waals surface area contributed by atoms with Gasteiger partial charge in [0.1, 0.15) is 11.6 Å². The molecule has 0 fully saturated rings. The summed E-state index contributed by atoms with van der Waals surface area (Å²) in [6, 6.07) is 4.09. The normalized spacial score (nSPS) is 12.0. The number of alkyl halides is 3. The van der Waals surface area contributed by atoms with Crippen molar-refractivity contribution in [2.24, 2.45) is 5.10 Å². The predicted octanol–water partition coefficient (Wildman–Crippen LogP) is 5.74. The summed E-state index contributed by atoms with van der Waals surface area (Å²) in [5.74, 6) is -1.39. The zero-order valence-electron chi connectivity index (χ0n) is 11.1. The third kappa shape index (κ3) is 4.33. The van der Waals surface area contributed by atoms with Crippen molar-refractivity contribution in [2.45, 2.75) is 6.18 Å². The largest absolute Gasteiger partial charge is 0.416 e. The lowest BCUT2D eigenvalue weighted by Crippen LogP contribution is -2.05. The molecule has 1 N–H and O–H groups in total. The second kappa shape index (κ2) is 6.72. The first-order valence-corrected chi connectivity index (χ1v) is 6.74.